The van der Waals surface area contributed by atoms with Gasteiger partial charge in [-0.15, -0.1) is 0 Å². The van der Waals surface area contributed by atoms with Crippen LogP contribution in [0, 0.1) is 5.41 Å². The second kappa shape index (κ2) is 7.49. The van der Waals surface area contributed by atoms with Crippen molar-refractivity contribution in [2.75, 3.05) is 11.9 Å². The third-order valence-electron chi connectivity index (χ3n) is 3.01. The molecule has 2 N–H and O–H groups in total. The molecule has 0 saturated heterocycles. The maximum absolute atomic E-state index is 12.1. The number of hydrogen-bond donors (Lipinski definition) is 2. The van der Waals surface area contributed by atoms with Crippen LogP contribution in [0.5, 0.6) is 5.75 Å². The van der Waals surface area contributed by atoms with Crippen LogP contribution in [0.1, 0.15) is 48.0 Å². The van der Waals surface area contributed by atoms with E-state index >= 15 is 0 Å². The average molecular weight is 320 g/mol. The molecule has 0 atom stereocenters. The average Bonchev–Trinajstić information content (AvgIpc) is 2.33. The SMILES string of the molecule is CC(=O)Nc1ccccc1OCC(=O)NC(C)(C)CC(C)(C)C. The monoisotopic (exact) mass is 320 g/mol. The summed E-state index contributed by atoms with van der Waals surface area (Å²) in [5, 5.41) is 5.67. The van der Waals surface area contributed by atoms with Gasteiger partial charge in [-0.2, -0.15) is 0 Å². The predicted octanol–water partition coefficient (Wildman–Crippen LogP) is 3.35. The lowest BCUT2D eigenvalue weighted by Gasteiger charge is -2.33. The Labute approximate surface area is 138 Å². The first-order valence-electron chi connectivity index (χ1n) is 7.79. The molecule has 0 aliphatic carbocycles. The number of hydrogen-bond acceptors (Lipinski definition) is 3. The molecule has 2 amide bonds. The highest BCUT2D eigenvalue weighted by Gasteiger charge is 2.27. The molecular weight excluding hydrogens is 292 g/mol. The fraction of sp³-hybridized carbons (Fsp3) is 0.556. The summed E-state index contributed by atoms with van der Waals surface area (Å²) < 4.78 is 5.55. The van der Waals surface area contributed by atoms with Crippen molar-refractivity contribution in [3.8, 4) is 5.75 Å². The van der Waals surface area contributed by atoms with Crippen LogP contribution in [0.4, 0.5) is 5.69 Å². The number of carbonyl (C=O) groups is 2. The summed E-state index contributed by atoms with van der Waals surface area (Å²) in [4.78, 5) is 23.3. The highest BCUT2D eigenvalue weighted by atomic mass is 16.5. The van der Waals surface area contributed by atoms with Crippen molar-refractivity contribution >= 4 is 17.5 Å². The predicted molar refractivity (Wildman–Crippen MR) is 92.5 cm³/mol. The van der Waals surface area contributed by atoms with Crippen LogP contribution in [0.3, 0.4) is 0 Å². The van der Waals surface area contributed by atoms with Gasteiger partial charge < -0.3 is 15.4 Å². The summed E-state index contributed by atoms with van der Waals surface area (Å²) in [7, 11) is 0. The van der Waals surface area contributed by atoms with Gasteiger partial charge in [-0.3, -0.25) is 9.59 Å². The summed E-state index contributed by atoms with van der Waals surface area (Å²) in [5.74, 6) is 0.111. The van der Waals surface area contributed by atoms with E-state index in [0.29, 0.717) is 11.4 Å². The molecule has 5 nitrogen and oxygen atoms in total. The van der Waals surface area contributed by atoms with Gasteiger partial charge in [0.2, 0.25) is 5.91 Å². The van der Waals surface area contributed by atoms with Crippen molar-refractivity contribution in [2.45, 2.75) is 53.5 Å². The zero-order valence-electron chi connectivity index (χ0n) is 14.9. The molecule has 5 heteroatoms. The van der Waals surface area contributed by atoms with Crippen molar-refractivity contribution in [3.63, 3.8) is 0 Å². The van der Waals surface area contributed by atoms with E-state index < -0.39 is 0 Å². The van der Waals surface area contributed by atoms with Crippen LogP contribution in [0.25, 0.3) is 0 Å². The first-order chi connectivity index (χ1) is 10.5. The summed E-state index contributed by atoms with van der Waals surface area (Å²) in [6.07, 6.45) is 0.855. The van der Waals surface area contributed by atoms with Crippen LogP contribution in [0.2, 0.25) is 0 Å². The van der Waals surface area contributed by atoms with Gasteiger partial charge >= 0.3 is 0 Å². The minimum atomic E-state index is -0.310. The maximum Gasteiger partial charge on any atom is 0.258 e. The van der Waals surface area contributed by atoms with Crippen LogP contribution in [-0.4, -0.2) is 24.0 Å². The number of amides is 2. The molecule has 0 aromatic heterocycles. The minimum absolute atomic E-state index is 0.0931. The van der Waals surface area contributed by atoms with Gasteiger partial charge in [-0.05, 0) is 37.8 Å². The highest BCUT2D eigenvalue weighted by Crippen LogP contribution is 2.27. The second-order valence-corrected chi connectivity index (χ2v) is 7.64. The fourth-order valence-corrected chi connectivity index (χ4v) is 2.81. The van der Waals surface area contributed by atoms with Gasteiger partial charge in [0.25, 0.3) is 5.91 Å². The third-order valence-corrected chi connectivity index (χ3v) is 3.01. The molecule has 1 aromatic rings. The lowest BCUT2D eigenvalue weighted by Crippen LogP contribution is -2.47. The molecular formula is C18H28N2O3. The van der Waals surface area contributed by atoms with E-state index in [1.807, 2.05) is 13.8 Å². The lowest BCUT2D eigenvalue weighted by atomic mass is 9.82. The third kappa shape index (κ3) is 7.68. The summed E-state index contributed by atoms with van der Waals surface area (Å²) in [6, 6.07) is 7.05. The molecule has 0 heterocycles. The molecule has 1 rings (SSSR count). The Morgan fingerprint density at radius 1 is 1.09 bits per heavy atom. The second-order valence-electron chi connectivity index (χ2n) is 7.64. The number of ether oxygens (including phenoxy) is 1. The van der Waals surface area contributed by atoms with Gasteiger partial charge in [0.1, 0.15) is 5.75 Å². The quantitative estimate of drug-likeness (QED) is 0.844. The van der Waals surface area contributed by atoms with E-state index in [0.717, 1.165) is 6.42 Å². The first-order valence-corrected chi connectivity index (χ1v) is 7.79. The molecule has 0 unspecified atom stereocenters. The molecule has 1 aromatic carbocycles. The molecule has 0 saturated carbocycles. The van der Waals surface area contributed by atoms with E-state index in [1.54, 1.807) is 24.3 Å². The number of rotatable bonds is 6. The molecule has 0 radical (unpaired) electrons. The molecule has 128 valence electrons. The summed E-state index contributed by atoms with van der Waals surface area (Å²) >= 11 is 0. The molecule has 0 fully saturated rings. The zero-order valence-corrected chi connectivity index (χ0v) is 14.9. The van der Waals surface area contributed by atoms with Gasteiger partial charge in [-0.25, -0.2) is 0 Å². The number of para-hydroxylation sites is 2. The standard InChI is InChI=1S/C18H28N2O3/c1-13(21)19-14-9-7-8-10-15(14)23-11-16(22)20-18(5,6)12-17(2,3)4/h7-10H,11-12H2,1-6H3,(H,19,21)(H,20,22). The van der Waals surface area contributed by atoms with Crippen LogP contribution >= 0.6 is 0 Å². The van der Waals surface area contributed by atoms with Gasteiger partial charge in [0.05, 0.1) is 5.69 Å². The van der Waals surface area contributed by atoms with Gasteiger partial charge in [0, 0.05) is 12.5 Å². The van der Waals surface area contributed by atoms with E-state index in [1.165, 1.54) is 6.92 Å². The molecule has 23 heavy (non-hydrogen) atoms. The molecule has 0 bridgehead atoms. The van der Waals surface area contributed by atoms with Crippen molar-refractivity contribution in [1.82, 2.24) is 5.32 Å². The number of carbonyl (C=O) groups excluding carboxylic acids is 2. The van der Waals surface area contributed by atoms with Crippen LogP contribution < -0.4 is 15.4 Å². The fourth-order valence-electron chi connectivity index (χ4n) is 2.81. The van der Waals surface area contributed by atoms with Crippen LogP contribution in [0.15, 0.2) is 24.3 Å². The number of benzene rings is 1. The maximum atomic E-state index is 12.1. The van der Waals surface area contributed by atoms with Crippen molar-refractivity contribution < 1.29 is 14.3 Å². The van der Waals surface area contributed by atoms with Crippen LogP contribution in [-0.2, 0) is 9.59 Å². The summed E-state index contributed by atoms with van der Waals surface area (Å²) in [6.45, 7) is 11.8. The van der Waals surface area contributed by atoms with E-state index in [4.69, 9.17) is 4.74 Å². The largest absolute Gasteiger partial charge is 0.482 e. The number of nitrogens with one attached hydrogen (secondary N) is 2. The van der Waals surface area contributed by atoms with E-state index in [9.17, 15) is 9.59 Å². The Balaban J connectivity index is 2.62. The number of anilines is 1. The van der Waals surface area contributed by atoms with Crippen molar-refractivity contribution in [1.29, 1.82) is 0 Å². The molecule has 0 aliphatic rings. The topological polar surface area (TPSA) is 67.4 Å². The van der Waals surface area contributed by atoms with Gasteiger partial charge in [0.15, 0.2) is 6.61 Å². The Morgan fingerprint density at radius 2 is 1.70 bits per heavy atom. The van der Waals surface area contributed by atoms with Crippen molar-refractivity contribution in [3.05, 3.63) is 24.3 Å². The zero-order chi connectivity index (χ0) is 17.7. The van der Waals surface area contributed by atoms with Crippen molar-refractivity contribution in [2.24, 2.45) is 5.41 Å². The normalized spacial score (nSPS) is 11.7. The highest BCUT2D eigenvalue weighted by molar-refractivity contribution is 5.90. The Morgan fingerprint density at radius 3 is 2.26 bits per heavy atom. The Bertz CT molecular complexity index is 560. The first kappa shape index (κ1) is 19.0. The molecule has 0 aliphatic heterocycles. The Kier molecular flexibility index (Phi) is 6.19. The van der Waals surface area contributed by atoms with Gasteiger partial charge in [-0.1, -0.05) is 32.9 Å². The summed E-state index contributed by atoms with van der Waals surface area (Å²) in [5.41, 5.74) is 0.368. The minimum Gasteiger partial charge on any atom is -0.482 e. The molecule has 0 spiro atoms. The van der Waals surface area contributed by atoms with E-state index in [2.05, 4.69) is 31.4 Å². The van der Waals surface area contributed by atoms with E-state index in [-0.39, 0.29) is 29.4 Å². The Hall–Kier alpha value is -2.04. The lowest BCUT2D eigenvalue weighted by molar-refractivity contribution is -0.125. The smallest absolute Gasteiger partial charge is 0.258 e.